The summed E-state index contributed by atoms with van der Waals surface area (Å²) in [6.45, 7) is 1.52. The van der Waals surface area contributed by atoms with Gasteiger partial charge in [0.25, 0.3) is 0 Å². The zero-order valence-corrected chi connectivity index (χ0v) is 9.43. The van der Waals surface area contributed by atoms with E-state index in [-0.39, 0.29) is 11.3 Å². The summed E-state index contributed by atoms with van der Waals surface area (Å²) in [5, 5.41) is 3.04. The summed E-state index contributed by atoms with van der Waals surface area (Å²) in [5.41, 5.74) is 5.94. The van der Waals surface area contributed by atoms with Crippen molar-refractivity contribution in [2.24, 2.45) is 17.1 Å². The molecule has 0 aromatic rings. The van der Waals surface area contributed by atoms with Gasteiger partial charge in [-0.3, -0.25) is 4.79 Å². The van der Waals surface area contributed by atoms with Gasteiger partial charge in [0.15, 0.2) is 0 Å². The third-order valence-electron chi connectivity index (χ3n) is 4.00. The SMILES string of the molecule is NCC1(CNC(=O)CC2CCCC2)CC1. The van der Waals surface area contributed by atoms with Crippen LogP contribution in [0.4, 0.5) is 0 Å². The summed E-state index contributed by atoms with van der Waals surface area (Å²) in [5.74, 6) is 0.889. The number of nitrogens with one attached hydrogen (secondary N) is 1. The Morgan fingerprint density at radius 3 is 2.53 bits per heavy atom. The molecule has 3 heteroatoms. The second-order valence-corrected chi connectivity index (χ2v) is 5.34. The summed E-state index contributed by atoms with van der Waals surface area (Å²) < 4.78 is 0. The maximum atomic E-state index is 11.6. The van der Waals surface area contributed by atoms with Crippen LogP contribution < -0.4 is 11.1 Å². The third-order valence-corrected chi connectivity index (χ3v) is 4.00. The highest BCUT2D eigenvalue weighted by Gasteiger charge is 2.41. The highest BCUT2D eigenvalue weighted by Crippen LogP contribution is 2.43. The van der Waals surface area contributed by atoms with Crippen LogP contribution in [0.1, 0.15) is 44.9 Å². The van der Waals surface area contributed by atoms with Gasteiger partial charge in [0, 0.05) is 13.0 Å². The second kappa shape index (κ2) is 4.52. The van der Waals surface area contributed by atoms with Crippen molar-refractivity contribution in [3.8, 4) is 0 Å². The van der Waals surface area contributed by atoms with Crippen LogP contribution in [0.5, 0.6) is 0 Å². The molecular weight excluding hydrogens is 188 g/mol. The molecule has 1 amide bonds. The molecule has 0 spiro atoms. The van der Waals surface area contributed by atoms with Gasteiger partial charge >= 0.3 is 0 Å². The van der Waals surface area contributed by atoms with E-state index in [1.165, 1.54) is 38.5 Å². The molecule has 2 rings (SSSR count). The minimum atomic E-state index is 0.238. The molecule has 2 aliphatic rings. The van der Waals surface area contributed by atoms with Gasteiger partial charge in [-0.1, -0.05) is 12.8 Å². The summed E-state index contributed by atoms with van der Waals surface area (Å²) in [4.78, 5) is 11.6. The van der Waals surface area contributed by atoms with Crippen LogP contribution in [0.15, 0.2) is 0 Å². The quantitative estimate of drug-likeness (QED) is 0.721. The van der Waals surface area contributed by atoms with E-state index in [1.54, 1.807) is 0 Å². The molecule has 0 saturated heterocycles. The highest BCUT2D eigenvalue weighted by molar-refractivity contribution is 5.76. The molecule has 15 heavy (non-hydrogen) atoms. The maximum absolute atomic E-state index is 11.6. The number of hydrogen-bond donors (Lipinski definition) is 2. The van der Waals surface area contributed by atoms with Crippen LogP contribution in [-0.2, 0) is 4.79 Å². The average molecular weight is 210 g/mol. The summed E-state index contributed by atoms with van der Waals surface area (Å²) >= 11 is 0. The van der Waals surface area contributed by atoms with Crippen molar-refractivity contribution in [3.05, 3.63) is 0 Å². The Labute approximate surface area is 91.8 Å². The molecule has 2 aliphatic carbocycles. The van der Waals surface area contributed by atoms with E-state index in [2.05, 4.69) is 5.32 Å². The monoisotopic (exact) mass is 210 g/mol. The Morgan fingerprint density at radius 1 is 1.33 bits per heavy atom. The van der Waals surface area contributed by atoms with Gasteiger partial charge in [-0.2, -0.15) is 0 Å². The first-order valence-corrected chi connectivity index (χ1v) is 6.21. The van der Waals surface area contributed by atoms with Crippen LogP contribution in [0.2, 0.25) is 0 Å². The van der Waals surface area contributed by atoms with E-state index in [1.807, 2.05) is 0 Å². The number of carbonyl (C=O) groups excluding carboxylic acids is 1. The molecule has 2 saturated carbocycles. The lowest BCUT2D eigenvalue weighted by Gasteiger charge is -2.14. The predicted octanol–water partition coefficient (Wildman–Crippen LogP) is 1.42. The molecule has 3 nitrogen and oxygen atoms in total. The topological polar surface area (TPSA) is 55.1 Å². The first-order valence-electron chi connectivity index (χ1n) is 6.21. The summed E-state index contributed by atoms with van der Waals surface area (Å²) in [7, 11) is 0. The van der Waals surface area contributed by atoms with E-state index in [0.717, 1.165) is 19.5 Å². The molecule has 2 fully saturated rings. The molecule has 0 heterocycles. The third kappa shape index (κ3) is 2.94. The normalized spacial score (nSPS) is 24.1. The van der Waals surface area contributed by atoms with Crippen LogP contribution in [0, 0.1) is 11.3 Å². The van der Waals surface area contributed by atoms with Gasteiger partial charge in [-0.15, -0.1) is 0 Å². The Balaban J connectivity index is 1.64. The molecular formula is C12H22N2O. The van der Waals surface area contributed by atoms with Gasteiger partial charge in [-0.25, -0.2) is 0 Å². The fraction of sp³-hybridized carbons (Fsp3) is 0.917. The van der Waals surface area contributed by atoms with Crippen molar-refractivity contribution < 1.29 is 4.79 Å². The van der Waals surface area contributed by atoms with Gasteiger partial charge in [-0.05, 0) is 43.6 Å². The smallest absolute Gasteiger partial charge is 0.220 e. The van der Waals surface area contributed by atoms with Crippen LogP contribution in [-0.4, -0.2) is 19.0 Å². The predicted molar refractivity (Wildman–Crippen MR) is 60.3 cm³/mol. The lowest BCUT2D eigenvalue weighted by Crippen LogP contribution is -2.34. The van der Waals surface area contributed by atoms with Gasteiger partial charge in [0.05, 0.1) is 0 Å². The van der Waals surface area contributed by atoms with E-state index < -0.39 is 0 Å². The van der Waals surface area contributed by atoms with Gasteiger partial charge in [0.2, 0.25) is 5.91 Å². The Bertz CT molecular complexity index is 230. The Kier molecular flexibility index (Phi) is 3.29. The van der Waals surface area contributed by atoms with Crippen molar-refractivity contribution in [1.82, 2.24) is 5.32 Å². The van der Waals surface area contributed by atoms with Crippen LogP contribution >= 0.6 is 0 Å². The molecule has 0 aliphatic heterocycles. The fourth-order valence-electron chi connectivity index (χ4n) is 2.46. The largest absolute Gasteiger partial charge is 0.355 e. The van der Waals surface area contributed by atoms with Crippen molar-refractivity contribution in [3.63, 3.8) is 0 Å². The molecule has 0 bridgehead atoms. The number of hydrogen-bond acceptors (Lipinski definition) is 2. The van der Waals surface area contributed by atoms with Crippen LogP contribution in [0.3, 0.4) is 0 Å². The van der Waals surface area contributed by atoms with Gasteiger partial charge in [0.1, 0.15) is 0 Å². The molecule has 86 valence electrons. The average Bonchev–Trinajstić information content (AvgIpc) is 2.86. The van der Waals surface area contributed by atoms with Crippen molar-refractivity contribution in [1.29, 1.82) is 0 Å². The number of rotatable bonds is 5. The lowest BCUT2D eigenvalue weighted by atomic mass is 10.0. The first-order chi connectivity index (χ1) is 7.24. The number of amides is 1. The zero-order chi connectivity index (χ0) is 10.7. The first kappa shape index (κ1) is 10.9. The van der Waals surface area contributed by atoms with E-state index >= 15 is 0 Å². The molecule has 0 aromatic carbocycles. The van der Waals surface area contributed by atoms with E-state index in [9.17, 15) is 4.79 Å². The van der Waals surface area contributed by atoms with Crippen molar-refractivity contribution in [2.45, 2.75) is 44.9 Å². The minimum Gasteiger partial charge on any atom is -0.355 e. The highest BCUT2D eigenvalue weighted by atomic mass is 16.1. The van der Waals surface area contributed by atoms with Gasteiger partial charge < -0.3 is 11.1 Å². The Hall–Kier alpha value is -0.570. The van der Waals surface area contributed by atoms with E-state index in [4.69, 9.17) is 5.73 Å². The second-order valence-electron chi connectivity index (χ2n) is 5.34. The summed E-state index contributed by atoms with van der Waals surface area (Å²) in [6.07, 6.45) is 8.22. The van der Waals surface area contributed by atoms with Crippen LogP contribution in [0.25, 0.3) is 0 Å². The van der Waals surface area contributed by atoms with E-state index in [0.29, 0.717) is 5.92 Å². The fourth-order valence-corrected chi connectivity index (χ4v) is 2.46. The molecule has 0 unspecified atom stereocenters. The van der Waals surface area contributed by atoms with Crippen molar-refractivity contribution >= 4 is 5.91 Å². The zero-order valence-electron chi connectivity index (χ0n) is 9.43. The van der Waals surface area contributed by atoms with Crippen molar-refractivity contribution in [2.75, 3.05) is 13.1 Å². The minimum absolute atomic E-state index is 0.238. The molecule has 0 atom stereocenters. The maximum Gasteiger partial charge on any atom is 0.220 e. The lowest BCUT2D eigenvalue weighted by molar-refractivity contribution is -0.122. The number of nitrogens with two attached hydrogens (primary N) is 1. The Morgan fingerprint density at radius 2 is 2.00 bits per heavy atom. The molecule has 0 radical (unpaired) electrons. The standard InChI is InChI=1S/C12H22N2O/c13-8-12(5-6-12)9-14-11(15)7-10-3-1-2-4-10/h10H,1-9,13H2,(H,14,15). The summed E-state index contributed by atoms with van der Waals surface area (Å²) in [6, 6.07) is 0. The molecule has 3 N–H and O–H groups in total. The molecule has 0 aromatic heterocycles. The number of carbonyl (C=O) groups is 1.